The quantitative estimate of drug-likeness (QED) is 0.741. The molecule has 4 saturated carbocycles. The third kappa shape index (κ3) is 1.35. The normalized spacial score (nSPS) is 49.3. The fourth-order valence-corrected chi connectivity index (χ4v) is 4.88. The number of aliphatic hydroxyl groups is 1. The molecule has 2 heteroatoms. The van der Waals surface area contributed by atoms with E-state index in [-0.39, 0.29) is 5.41 Å². The molecular formula is C14H22O2. The molecule has 4 aliphatic carbocycles. The first-order valence-corrected chi connectivity index (χ1v) is 6.62. The summed E-state index contributed by atoms with van der Waals surface area (Å²) in [5, 5.41) is 9.86. The van der Waals surface area contributed by atoms with Crippen LogP contribution in [0.5, 0.6) is 0 Å². The lowest BCUT2D eigenvalue weighted by Crippen LogP contribution is -2.56. The summed E-state index contributed by atoms with van der Waals surface area (Å²) < 4.78 is 5.46. The zero-order chi connectivity index (χ0) is 11.2. The fourth-order valence-electron chi connectivity index (χ4n) is 4.88. The molecule has 1 N–H and O–H groups in total. The molecule has 0 unspecified atom stereocenters. The first-order valence-electron chi connectivity index (χ1n) is 6.62. The zero-order valence-corrected chi connectivity index (χ0v) is 9.90. The maximum atomic E-state index is 9.86. The van der Waals surface area contributed by atoms with Crippen LogP contribution >= 0.6 is 0 Å². The Bertz CT molecular complexity index is 256. The van der Waals surface area contributed by atoms with Gasteiger partial charge in [-0.2, -0.15) is 0 Å². The summed E-state index contributed by atoms with van der Waals surface area (Å²) >= 11 is 0. The highest BCUT2D eigenvalue weighted by Crippen LogP contribution is 2.62. The predicted molar refractivity (Wildman–Crippen MR) is 62.7 cm³/mol. The summed E-state index contributed by atoms with van der Waals surface area (Å²) in [4.78, 5) is 0. The van der Waals surface area contributed by atoms with Gasteiger partial charge < -0.3 is 9.84 Å². The minimum absolute atomic E-state index is 0.0572. The molecule has 4 fully saturated rings. The standard InChI is InChI=1S/C14H22O2/c1-2-16-9-14(8-15)12-4-10-3-11(6-12)7-13(14)5-10/h2,10-13,15H,1,3-9H2. The predicted octanol–water partition coefficient (Wildman–Crippen LogP) is 2.58. The Kier molecular flexibility index (Phi) is 2.50. The molecule has 0 aromatic heterocycles. The van der Waals surface area contributed by atoms with E-state index < -0.39 is 0 Å². The maximum absolute atomic E-state index is 9.86. The molecule has 90 valence electrons. The van der Waals surface area contributed by atoms with E-state index in [2.05, 4.69) is 6.58 Å². The van der Waals surface area contributed by atoms with Crippen LogP contribution in [0.15, 0.2) is 12.8 Å². The molecule has 0 radical (unpaired) electrons. The van der Waals surface area contributed by atoms with Crippen LogP contribution in [0.1, 0.15) is 32.1 Å². The molecule has 0 spiro atoms. The minimum Gasteiger partial charge on any atom is -0.501 e. The molecule has 0 amide bonds. The second-order valence-corrected chi connectivity index (χ2v) is 6.17. The van der Waals surface area contributed by atoms with Crippen LogP contribution in [0.4, 0.5) is 0 Å². The van der Waals surface area contributed by atoms with Crippen LogP contribution in [0, 0.1) is 29.1 Å². The van der Waals surface area contributed by atoms with Crippen LogP contribution in [-0.2, 0) is 4.74 Å². The third-order valence-electron chi connectivity index (χ3n) is 5.53. The maximum Gasteiger partial charge on any atom is 0.0956 e. The van der Waals surface area contributed by atoms with Crippen LogP contribution < -0.4 is 0 Å². The van der Waals surface area contributed by atoms with Gasteiger partial charge in [0.05, 0.1) is 19.5 Å². The van der Waals surface area contributed by atoms with Crippen molar-refractivity contribution in [3.8, 4) is 0 Å². The van der Waals surface area contributed by atoms with Gasteiger partial charge in [-0.15, -0.1) is 0 Å². The SMILES string of the molecule is C=COCC1(CO)C2CC3CC(C2)CC1C3. The van der Waals surface area contributed by atoms with E-state index >= 15 is 0 Å². The molecule has 2 nitrogen and oxygen atoms in total. The molecule has 4 aliphatic rings. The number of hydrogen-bond acceptors (Lipinski definition) is 2. The van der Waals surface area contributed by atoms with Gasteiger partial charge in [-0.1, -0.05) is 6.58 Å². The lowest BCUT2D eigenvalue weighted by atomic mass is 9.46. The molecular weight excluding hydrogens is 200 g/mol. The van der Waals surface area contributed by atoms with Gasteiger partial charge >= 0.3 is 0 Å². The first kappa shape index (κ1) is 10.6. The Morgan fingerprint density at radius 1 is 1.12 bits per heavy atom. The Hall–Kier alpha value is -0.500. The van der Waals surface area contributed by atoms with Gasteiger partial charge in [-0.05, 0) is 55.8 Å². The number of hydrogen-bond donors (Lipinski definition) is 1. The number of rotatable bonds is 4. The van der Waals surface area contributed by atoms with E-state index in [1.54, 1.807) is 0 Å². The Morgan fingerprint density at radius 2 is 1.69 bits per heavy atom. The summed E-state index contributed by atoms with van der Waals surface area (Å²) in [5.74, 6) is 3.30. The lowest BCUT2D eigenvalue weighted by molar-refractivity contribution is -0.154. The fraction of sp³-hybridized carbons (Fsp3) is 0.857. The smallest absolute Gasteiger partial charge is 0.0956 e. The van der Waals surface area contributed by atoms with E-state index in [9.17, 15) is 5.11 Å². The van der Waals surface area contributed by atoms with Gasteiger partial charge in [0.2, 0.25) is 0 Å². The highest BCUT2D eigenvalue weighted by molar-refractivity contribution is 5.06. The van der Waals surface area contributed by atoms with Crippen LogP contribution in [-0.4, -0.2) is 18.3 Å². The van der Waals surface area contributed by atoms with E-state index in [1.807, 2.05) is 0 Å². The van der Waals surface area contributed by atoms with Crippen LogP contribution in [0.25, 0.3) is 0 Å². The summed E-state index contributed by atoms with van der Waals surface area (Å²) in [6.07, 6.45) is 8.30. The van der Waals surface area contributed by atoms with Gasteiger partial charge in [-0.25, -0.2) is 0 Å². The van der Waals surface area contributed by atoms with Crippen molar-refractivity contribution >= 4 is 0 Å². The molecule has 0 aliphatic heterocycles. The summed E-state index contributed by atoms with van der Waals surface area (Å²) in [7, 11) is 0. The van der Waals surface area contributed by atoms with Gasteiger partial charge in [0.15, 0.2) is 0 Å². The average Bonchev–Trinajstić information content (AvgIpc) is 2.28. The second kappa shape index (κ2) is 3.76. The molecule has 0 saturated heterocycles. The van der Waals surface area contributed by atoms with Crippen molar-refractivity contribution < 1.29 is 9.84 Å². The molecule has 0 aromatic rings. The molecule has 0 aromatic carbocycles. The molecule has 4 rings (SSSR count). The average molecular weight is 222 g/mol. The summed E-state index contributed by atoms with van der Waals surface area (Å²) in [6.45, 7) is 4.61. The van der Waals surface area contributed by atoms with Crippen LogP contribution in [0.2, 0.25) is 0 Å². The van der Waals surface area contributed by atoms with Crippen molar-refractivity contribution in [3.05, 3.63) is 12.8 Å². The first-order chi connectivity index (χ1) is 7.78. The largest absolute Gasteiger partial charge is 0.501 e. The summed E-state index contributed by atoms with van der Waals surface area (Å²) in [6, 6.07) is 0. The molecule has 0 heterocycles. The Balaban J connectivity index is 1.85. The van der Waals surface area contributed by atoms with Crippen molar-refractivity contribution in [1.82, 2.24) is 0 Å². The molecule has 16 heavy (non-hydrogen) atoms. The lowest BCUT2D eigenvalue weighted by Gasteiger charge is -2.60. The third-order valence-corrected chi connectivity index (χ3v) is 5.53. The summed E-state index contributed by atoms with van der Waals surface area (Å²) in [5.41, 5.74) is 0.0572. The number of ether oxygens (including phenoxy) is 1. The monoisotopic (exact) mass is 222 g/mol. The topological polar surface area (TPSA) is 29.5 Å². The van der Waals surface area contributed by atoms with Gasteiger partial charge in [0.1, 0.15) is 0 Å². The van der Waals surface area contributed by atoms with Crippen LogP contribution in [0.3, 0.4) is 0 Å². The van der Waals surface area contributed by atoms with Crippen molar-refractivity contribution in [1.29, 1.82) is 0 Å². The molecule has 4 bridgehead atoms. The Labute approximate surface area is 97.7 Å². The van der Waals surface area contributed by atoms with Gasteiger partial charge in [0, 0.05) is 5.41 Å². The zero-order valence-electron chi connectivity index (χ0n) is 9.90. The van der Waals surface area contributed by atoms with Gasteiger partial charge in [-0.3, -0.25) is 0 Å². The minimum atomic E-state index is 0.0572. The highest BCUT2D eigenvalue weighted by atomic mass is 16.5. The van der Waals surface area contributed by atoms with Crippen molar-refractivity contribution in [2.45, 2.75) is 32.1 Å². The second-order valence-electron chi connectivity index (χ2n) is 6.17. The van der Waals surface area contributed by atoms with Crippen molar-refractivity contribution in [2.75, 3.05) is 13.2 Å². The highest BCUT2D eigenvalue weighted by Gasteiger charge is 2.57. The van der Waals surface area contributed by atoms with E-state index in [1.165, 1.54) is 38.4 Å². The van der Waals surface area contributed by atoms with E-state index in [0.717, 1.165) is 11.8 Å². The van der Waals surface area contributed by atoms with Gasteiger partial charge in [0.25, 0.3) is 0 Å². The molecule has 0 atom stereocenters. The van der Waals surface area contributed by atoms with E-state index in [0.29, 0.717) is 25.0 Å². The Morgan fingerprint density at radius 3 is 2.12 bits per heavy atom. The van der Waals surface area contributed by atoms with Crippen molar-refractivity contribution in [2.24, 2.45) is 29.1 Å². The van der Waals surface area contributed by atoms with E-state index in [4.69, 9.17) is 4.74 Å². The van der Waals surface area contributed by atoms with Crippen molar-refractivity contribution in [3.63, 3.8) is 0 Å². The number of aliphatic hydroxyl groups excluding tert-OH is 1.